The molecule has 1 aliphatic rings. The van der Waals surface area contributed by atoms with Gasteiger partial charge in [0.2, 0.25) is 0 Å². The lowest BCUT2D eigenvalue weighted by molar-refractivity contribution is 0.139. The average molecular weight is 391 g/mol. The van der Waals surface area contributed by atoms with Gasteiger partial charge in [0.05, 0.1) is 15.0 Å². The molecule has 0 atom stereocenters. The summed E-state index contributed by atoms with van der Waals surface area (Å²) in [6, 6.07) is 0. The van der Waals surface area contributed by atoms with Gasteiger partial charge in [0.25, 0.3) is 0 Å². The maximum Gasteiger partial charge on any atom is 0.620 e. The average Bonchev–Trinajstić information content (AvgIpc) is 2.79. The number of hydrogen-bond donors (Lipinski definition) is 8. The summed E-state index contributed by atoms with van der Waals surface area (Å²) in [5, 5.41) is 0. The molecule has 1 heterocycles. The third kappa shape index (κ3) is 5.43. The van der Waals surface area contributed by atoms with Crippen LogP contribution < -0.4 is 0 Å². The van der Waals surface area contributed by atoms with Gasteiger partial charge in [-0.1, -0.05) is 12.2 Å². The molecule has 13 heteroatoms. The first-order chi connectivity index (χ1) is 10.5. The molecule has 2 rings (SSSR count). The smallest absolute Gasteiger partial charge is 0.363 e. The highest BCUT2D eigenvalue weighted by Gasteiger charge is 2.58. The lowest BCUT2D eigenvalue weighted by atomic mass is 10.1. The molecule has 132 valence electrons. The van der Waals surface area contributed by atoms with Crippen molar-refractivity contribution >= 4 is 33.0 Å². The zero-order valence-electron chi connectivity index (χ0n) is 11.8. The van der Waals surface area contributed by atoms with Gasteiger partial charge in [-0.2, -0.15) is 35.1 Å². The molecule has 0 radical (unpaired) electrons. The van der Waals surface area contributed by atoms with Crippen LogP contribution in [0.15, 0.2) is 17.2 Å². The van der Waals surface area contributed by atoms with Crippen molar-refractivity contribution in [2.45, 2.75) is 17.7 Å². The quantitative estimate of drug-likeness (QED) is 0.320. The van der Waals surface area contributed by atoms with Crippen LogP contribution in [0.2, 0.25) is 0 Å². The fourth-order valence-electron chi connectivity index (χ4n) is 2.09. The maximum atomic E-state index is 10.2. The van der Waals surface area contributed by atoms with Crippen LogP contribution in [0.25, 0.3) is 6.08 Å². The fraction of sp³-hybridized carbons (Fsp3) is 0.400. The van der Waals surface area contributed by atoms with E-state index in [1.807, 2.05) is 6.08 Å². The monoisotopic (exact) mass is 391 g/mol. The van der Waals surface area contributed by atoms with Gasteiger partial charge in [-0.3, -0.25) is 9.11 Å². The van der Waals surface area contributed by atoms with Crippen LogP contribution in [-0.2, 0) is 15.3 Å². The van der Waals surface area contributed by atoms with Crippen molar-refractivity contribution in [3.8, 4) is 0 Å². The molecule has 1 aromatic rings. The molecule has 0 aliphatic heterocycles. The molecule has 0 bridgehead atoms. The second-order valence-corrected chi connectivity index (χ2v) is 9.88. The van der Waals surface area contributed by atoms with E-state index in [0.29, 0.717) is 10.5 Å². The van der Waals surface area contributed by atoms with E-state index >= 15 is 0 Å². The van der Waals surface area contributed by atoms with Crippen molar-refractivity contribution in [1.82, 2.24) is 4.98 Å². The van der Waals surface area contributed by atoms with E-state index in [9.17, 15) is 18.9 Å². The Bertz CT molecular complexity index is 583. The van der Waals surface area contributed by atoms with E-state index in [1.165, 1.54) is 6.20 Å². The summed E-state index contributed by atoms with van der Waals surface area (Å²) in [4.78, 5) is 47.6. The van der Waals surface area contributed by atoms with Crippen molar-refractivity contribution in [1.29, 1.82) is 0 Å². The Morgan fingerprint density at radius 3 is 2.52 bits per heavy atom. The van der Waals surface area contributed by atoms with E-state index in [1.54, 1.807) is 6.08 Å². The Kier molecular flexibility index (Phi) is 5.85. The van der Waals surface area contributed by atoms with Gasteiger partial charge in [-0.05, 0) is 12.8 Å². The third-order valence-corrected chi connectivity index (χ3v) is 7.03. The largest absolute Gasteiger partial charge is 0.620 e. The molecule has 0 saturated heterocycles. The van der Waals surface area contributed by atoms with Gasteiger partial charge in [0, 0.05) is 17.5 Å². The van der Waals surface area contributed by atoms with Gasteiger partial charge in [0.1, 0.15) is 6.61 Å². The highest BCUT2D eigenvalue weighted by molar-refractivity contribution is 8.24. The van der Waals surface area contributed by atoms with Gasteiger partial charge in [0.15, 0.2) is 0 Å². The predicted octanol–water partition coefficient (Wildman–Crippen LogP) is 1.43. The van der Waals surface area contributed by atoms with Gasteiger partial charge in [-0.25, -0.2) is 0 Å². The normalized spacial score (nSPS) is 16.5. The highest BCUT2D eigenvalue weighted by atomic mass is 32.3. The Morgan fingerprint density at radius 2 is 1.87 bits per heavy atom. The van der Waals surface area contributed by atoms with Crippen LogP contribution in [0.3, 0.4) is 0 Å². The molecular weight excluding hydrogens is 372 g/mol. The Hall–Kier alpha value is -0.130. The van der Waals surface area contributed by atoms with Crippen LogP contribution in [0.1, 0.15) is 17.7 Å². The maximum absolute atomic E-state index is 10.2. The van der Waals surface area contributed by atoms with Crippen molar-refractivity contribution in [2.24, 2.45) is 0 Å². The summed E-state index contributed by atoms with van der Waals surface area (Å²) in [6.45, 7) is -0.549. The Morgan fingerprint density at radius 1 is 1.17 bits per heavy atom. The lowest BCUT2D eigenvalue weighted by Crippen LogP contribution is -2.12. The number of fused-ring (bicyclic) bond motifs is 1. The first-order valence-corrected chi connectivity index (χ1v) is 11.2. The number of aryl methyl sites for hydroxylation is 1. The van der Waals surface area contributed by atoms with Gasteiger partial charge < -0.3 is 4.98 Å². The first-order valence-electron chi connectivity index (χ1n) is 6.41. The van der Waals surface area contributed by atoms with E-state index in [-0.39, 0.29) is 5.75 Å². The van der Waals surface area contributed by atoms with Crippen LogP contribution >= 0.6 is 26.9 Å². The second kappa shape index (κ2) is 7.01. The molecule has 0 aromatic carbocycles. The topological polar surface area (TPSA) is 176 Å². The number of rotatable bonds is 7. The molecule has 0 unspecified atom stereocenters. The van der Waals surface area contributed by atoms with Crippen LogP contribution in [0.4, 0.5) is 0 Å². The van der Waals surface area contributed by atoms with E-state index in [4.69, 9.17) is 14.7 Å². The van der Waals surface area contributed by atoms with Crippen molar-refractivity contribution < 1.29 is 42.4 Å². The first kappa shape index (κ1) is 19.2. The number of aromatic nitrogens is 1. The summed E-state index contributed by atoms with van der Waals surface area (Å²) >= 11 is 0. The predicted molar refractivity (Wildman–Crippen MR) is 86.1 cm³/mol. The minimum Gasteiger partial charge on any atom is -0.363 e. The highest BCUT2D eigenvalue weighted by Crippen LogP contribution is 2.67. The van der Waals surface area contributed by atoms with E-state index in [0.717, 1.165) is 18.5 Å². The number of aromatic amines is 1. The standard InChI is InChI=1S/C10H17NO9P2S/c12-21(13,14)20-22(15,16)19-5-6-23(17,18)10-7-11-9-4-2-1-3-8(9)10/h1,3,7,11-16H,2,4-6H2/p+2. The SMILES string of the molecule is O[P+](O)(O)O[P+](O)(O)OCCS(O)(O)c1c[nH]c2c1C=CCC2. The molecule has 0 saturated carbocycles. The number of H-pyrrole nitrogens is 1. The summed E-state index contributed by atoms with van der Waals surface area (Å²) in [7, 11) is -12.8. The van der Waals surface area contributed by atoms with Crippen LogP contribution in [0.5, 0.6) is 0 Å². The van der Waals surface area contributed by atoms with Gasteiger partial charge >= 0.3 is 16.3 Å². The molecule has 1 aliphatic carbocycles. The van der Waals surface area contributed by atoms with Crippen molar-refractivity contribution in [3.05, 3.63) is 23.5 Å². The van der Waals surface area contributed by atoms with Gasteiger partial charge in [-0.15, -0.1) is 4.52 Å². The summed E-state index contributed by atoms with van der Waals surface area (Å²) < 4.78 is 28.8. The van der Waals surface area contributed by atoms with Crippen LogP contribution in [-0.4, -0.2) is 50.9 Å². The number of hydrogen-bond acceptors (Lipinski definition) is 9. The second-order valence-electron chi connectivity index (χ2n) is 4.78. The molecule has 23 heavy (non-hydrogen) atoms. The lowest BCUT2D eigenvalue weighted by Gasteiger charge is -2.31. The van der Waals surface area contributed by atoms with Crippen molar-refractivity contribution in [3.63, 3.8) is 0 Å². The van der Waals surface area contributed by atoms with E-state index < -0.39 is 33.5 Å². The molecule has 0 spiro atoms. The fourth-order valence-corrected chi connectivity index (χ4v) is 5.20. The summed E-state index contributed by atoms with van der Waals surface area (Å²) in [6.07, 6.45) is 6.77. The van der Waals surface area contributed by atoms with E-state index in [2.05, 4.69) is 13.8 Å². The van der Waals surface area contributed by atoms with Crippen molar-refractivity contribution in [2.75, 3.05) is 12.4 Å². The number of nitrogens with one attached hydrogen (secondary N) is 1. The Labute approximate surface area is 134 Å². The molecular formula is C10H19NO9P2S+2. The van der Waals surface area contributed by atoms with Crippen LogP contribution in [0, 0.1) is 0 Å². The third-order valence-electron chi connectivity index (χ3n) is 3.01. The summed E-state index contributed by atoms with van der Waals surface area (Å²) in [5.41, 5.74) is 1.57. The minimum absolute atomic E-state index is 0.293. The summed E-state index contributed by atoms with van der Waals surface area (Å²) in [5.74, 6) is -0.370. The zero-order chi connectivity index (χ0) is 17.3. The molecule has 1 aromatic heterocycles. The molecule has 10 nitrogen and oxygen atoms in total. The molecule has 8 N–H and O–H groups in total. The molecule has 0 amide bonds. The number of allylic oxidation sites excluding steroid dienone is 1. The molecule has 0 fully saturated rings. The Balaban J connectivity index is 1.97. The minimum atomic E-state index is -4.89. The zero-order valence-corrected chi connectivity index (χ0v) is 14.4.